The van der Waals surface area contributed by atoms with Gasteiger partial charge in [0.25, 0.3) is 5.91 Å². The Bertz CT molecular complexity index is 1100. The number of rotatable bonds is 5. The van der Waals surface area contributed by atoms with Crippen LogP contribution in [0.15, 0.2) is 41.3 Å². The van der Waals surface area contributed by atoms with E-state index in [1.54, 1.807) is 0 Å². The third-order valence-electron chi connectivity index (χ3n) is 5.22. The molecule has 0 saturated carbocycles. The third kappa shape index (κ3) is 5.43. The zero-order valence-electron chi connectivity index (χ0n) is 16.9. The van der Waals surface area contributed by atoms with Crippen LogP contribution in [0.25, 0.3) is 0 Å². The lowest BCUT2D eigenvalue weighted by molar-refractivity contribution is 0.0498. The molecule has 2 unspecified atom stereocenters. The highest BCUT2D eigenvalue weighted by Gasteiger charge is 2.33. The van der Waals surface area contributed by atoms with Gasteiger partial charge in [0.2, 0.25) is 10.0 Å². The molecule has 1 amide bonds. The summed E-state index contributed by atoms with van der Waals surface area (Å²) in [4.78, 5) is 12.2. The van der Waals surface area contributed by atoms with Gasteiger partial charge >= 0.3 is 0 Å². The number of anilines is 1. The van der Waals surface area contributed by atoms with E-state index in [1.807, 2.05) is 0 Å². The molecule has 11 heteroatoms. The van der Waals surface area contributed by atoms with Crippen molar-refractivity contribution in [2.75, 3.05) is 18.4 Å². The van der Waals surface area contributed by atoms with Gasteiger partial charge in [0.15, 0.2) is 0 Å². The second-order valence-corrected chi connectivity index (χ2v) is 9.79. The first kappa shape index (κ1) is 24.5. The molecule has 0 radical (unpaired) electrons. The molecule has 1 aliphatic heterocycles. The second-order valence-electron chi connectivity index (χ2n) is 7.48. The summed E-state index contributed by atoms with van der Waals surface area (Å²) in [5.41, 5.74) is -0.0899. The molecule has 2 aromatic rings. The molecule has 1 aliphatic rings. The van der Waals surface area contributed by atoms with Crippen LogP contribution >= 0.6 is 11.6 Å². The first-order valence-electron chi connectivity index (χ1n) is 9.91. The Labute approximate surface area is 189 Å². The summed E-state index contributed by atoms with van der Waals surface area (Å²) in [6, 6.07) is 6.97. The molecule has 32 heavy (non-hydrogen) atoms. The SMILES string of the molecule is O=C(Nc1ccc(F)c(Cl)c1)c1ccc(CF)c(S(=O)(=O)N2CCCCC(O)C(F)C2)c1. The molecule has 2 N–H and O–H groups in total. The van der Waals surface area contributed by atoms with Crippen LogP contribution in [0.2, 0.25) is 5.02 Å². The predicted molar refractivity (Wildman–Crippen MR) is 114 cm³/mol. The number of amides is 1. The fourth-order valence-electron chi connectivity index (χ4n) is 3.41. The first-order chi connectivity index (χ1) is 15.1. The number of hydrogen-bond donors (Lipinski definition) is 2. The van der Waals surface area contributed by atoms with E-state index in [-0.39, 0.29) is 34.8 Å². The number of aliphatic hydroxyl groups is 1. The summed E-state index contributed by atoms with van der Waals surface area (Å²) in [6.45, 7) is -1.68. The molecular weight excluding hydrogens is 469 g/mol. The number of benzene rings is 2. The molecule has 1 fully saturated rings. The van der Waals surface area contributed by atoms with Crippen molar-refractivity contribution in [3.8, 4) is 0 Å². The smallest absolute Gasteiger partial charge is 0.255 e. The number of carbonyl (C=O) groups is 1. The second kappa shape index (κ2) is 10.2. The topological polar surface area (TPSA) is 86.7 Å². The third-order valence-corrected chi connectivity index (χ3v) is 7.46. The van der Waals surface area contributed by atoms with Gasteiger partial charge in [-0.25, -0.2) is 21.6 Å². The van der Waals surface area contributed by atoms with Crippen LogP contribution < -0.4 is 5.32 Å². The molecule has 6 nitrogen and oxygen atoms in total. The Morgan fingerprint density at radius 3 is 2.66 bits per heavy atom. The number of nitrogens with zero attached hydrogens (tertiary/aromatic N) is 1. The minimum atomic E-state index is -4.35. The molecular formula is C21H22ClF3N2O4S. The summed E-state index contributed by atoms with van der Waals surface area (Å²) >= 11 is 5.70. The fourth-order valence-corrected chi connectivity index (χ4v) is 5.31. The summed E-state index contributed by atoms with van der Waals surface area (Å²) in [5.74, 6) is -1.39. The van der Waals surface area contributed by atoms with Gasteiger partial charge in [-0.1, -0.05) is 17.7 Å². The highest BCUT2D eigenvalue weighted by molar-refractivity contribution is 7.89. The largest absolute Gasteiger partial charge is 0.390 e. The standard InChI is InChI=1S/C21H22ClF3N2O4S/c22-16-10-15(6-7-17(16)24)26-21(29)13-4-5-14(11-23)20(9-13)32(30,31)27-8-2-1-3-19(28)18(25)12-27/h4-7,9-10,18-19,28H,1-3,8,11-12H2,(H,26,29). The Hall–Kier alpha value is -2.14. The first-order valence-corrected chi connectivity index (χ1v) is 11.7. The Balaban J connectivity index is 1.92. The van der Waals surface area contributed by atoms with Crippen LogP contribution in [0.3, 0.4) is 0 Å². The van der Waals surface area contributed by atoms with Gasteiger partial charge < -0.3 is 10.4 Å². The number of alkyl halides is 2. The van der Waals surface area contributed by atoms with Crippen LogP contribution in [0.4, 0.5) is 18.9 Å². The quantitative estimate of drug-likeness (QED) is 0.661. The number of aliphatic hydroxyl groups excluding tert-OH is 1. The van der Waals surface area contributed by atoms with Crippen LogP contribution in [0.5, 0.6) is 0 Å². The zero-order chi connectivity index (χ0) is 23.5. The van der Waals surface area contributed by atoms with Crippen molar-refractivity contribution < 1.29 is 31.5 Å². The van der Waals surface area contributed by atoms with Crippen molar-refractivity contribution in [2.24, 2.45) is 0 Å². The molecule has 0 aromatic heterocycles. The molecule has 174 valence electrons. The summed E-state index contributed by atoms with van der Waals surface area (Å²) in [6.07, 6.45) is -2.00. The van der Waals surface area contributed by atoms with Gasteiger partial charge in [0, 0.05) is 29.9 Å². The van der Waals surface area contributed by atoms with Crippen molar-refractivity contribution in [1.82, 2.24) is 4.31 Å². The van der Waals surface area contributed by atoms with Crippen molar-refractivity contribution >= 4 is 33.2 Å². The monoisotopic (exact) mass is 490 g/mol. The van der Waals surface area contributed by atoms with Crippen molar-refractivity contribution in [2.45, 2.75) is 43.1 Å². The van der Waals surface area contributed by atoms with Crippen molar-refractivity contribution in [3.05, 3.63) is 58.4 Å². The molecule has 1 saturated heterocycles. The van der Waals surface area contributed by atoms with E-state index in [9.17, 15) is 31.5 Å². The van der Waals surface area contributed by atoms with Crippen molar-refractivity contribution in [3.63, 3.8) is 0 Å². The van der Waals surface area contributed by atoms with E-state index in [2.05, 4.69) is 5.32 Å². The number of carbonyl (C=O) groups excluding carboxylic acids is 1. The predicted octanol–water partition coefficient (Wildman–Crippen LogP) is 4.07. The highest BCUT2D eigenvalue weighted by Crippen LogP contribution is 2.27. The van der Waals surface area contributed by atoms with Crippen LogP contribution in [0.1, 0.15) is 35.2 Å². The highest BCUT2D eigenvalue weighted by atomic mass is 35.5. The maximum atomic E-state index is 14.3. The average Bonchev–Trinajstić information content (AvgIpc) is 2.76. The van der Waals surface area contributed by atoms with Crippen LogP contribution in [0, 0.1) is 5.82 Å². The number of sulfonamides is 1. The van der Waals surface area contributed by atoms with Gasteiger partial charge in [-0.3, -0.25) is 4.79 Å². The maximum absolute atomic E-state index is 14.3. The lowest BCUT2D eigenvalue weighted by atomic mass is 10.1. The average molecular weight is 491 g/mol. The van der Waals surface area contributed by atoms with Crippen LogP contribution in [-0.2, 0) is 16.7 Å². The van der Waals surface area contributed by atoms with E-state index in [0.717, 1.165) is 16.4 Å². The lowest BCUT2D eigenvalue weighted by Crippen LogP contribution is -2.42. The van der Waals surface area contributed by atoms with Gasteiger partial charge in [0.1, 0.15) is 18.7 Å². The van der Waals surface area contributed by atoms with Crippen LogP contribution in [-0.4, -0.2) is 49.1 Å². The number of nitrogens with one attached hydrogen (secondary N) is 1. The minimum absolute atomic E-state index is 0.00566. The number of halogens is 4. The lowest BCUT2D eigenvalue weighted by Gasteiger charge is -2.29. The molecule has 2 aromatic carbocycles. The Morgan fingerprint density at radius 2 is 1.97 bits per heavy atom. The molecule has 3 rings (SSSR count). The molecule has 0 aliphatic carbocycles. The van der Waals surface area contributed by atoms with E-state index in [1.165, 1.54) is 24.3 Å². The van der Waals surface area contributed by atoms with Gasteiger partial charge in [-0.15, -0.1) is 0 Å². The van der Waals surface area contributed by atoms with Gasteiger partial charge in [-0.05, 0) is 49.6 Å². The fraction of sp³-hybridized carbons (Fsp3) is 0.381. The molecule has 2 atom stereocenters. The summed E-state index contributed by atoms with van der Waals surface area (Å²) in [7, 11) is -4.35. The van der Waals surface area contributed by atoms with E-state index in [4.69, 9.17) is 11.6 Å². The minimum Gasteiger partial charge on any atom is -0.390 e. The Morgan fingerprint density at radius 1 is 1.22 bits per heavy atom. The molecule has 0 spiro atoms. The number of hydrogen-bond acceptors (Lipinski definition) is 4. The van der Waals surface area contributed by atoms with E-state index >= 15 is 0 Å². The molecule has 0 bridgehead atoms. The maximum Gasteiger partial charge on any atom is 0.255 e. The summed E-state index contributed by atoms with van der Waals surface area (Å²) in [5, 5.41) is 12.0. The summed E-state index contributed by atoms with van der Waals surface area (Å²) < 4.78 is 68.5. The molecule has 1 heterocycles. The Kier molecular flexibility index (Phi) is 7.81. The van der Waals surface area contributed by atoms with Gasteiger partial charge in [0.05, 0.1) is 16.0 Å². The van der Waals surface area contributed by atoms with Crippen molar-refractivity contribution in [1.29, 1.82) is 0 Å². The zero-order valence-corrected chi connectivity index (χ0v) is 18.5. The van der Waals surface area contributed by atoms with E-state index < -0.39 is 52.1 Å². The normalized spacial score (nSPS) is 20.4. The van der Waals surface area contributed by atoms with E-state index in [0.29, 0.717) is 12.8 Å². The van der Waals surface area contributed by atoms with Gasteiger partial charge in [-0.2, -0.15) is 4.31 Å².